The maximum absolute atomic E-state index is 7.99. The second kappa shape index (κ2) is 7.10. The fraction of sp³-hybridized carbons (Fsp3) is 0.0714. The molecule has 0 amide bonds. The van der Waals surface area contributed by atoms with Crippen LogP contribution in [0, 0.1) is 5.41 Å². The number of rotatable bonds is 5. The van der Waals surface area contributed by atoms with Crippen LogP contribution >= 0.6 is 39.5 Å². The van der Waals surface area contributed by atoms with Gasteiger partial charge in [0, 0.05) is 20.9 Å². The molecule has 0 saturated heterocycles. The lowest BCUT2D eigenvalue weighted by Gasteiger charge is -2.06. The van der Waals surface area contributed by atoms with Gasteiger partial charge in [0.15, 0.2) is 0 Å². The second-order valence-corrected chi connectivity index (χ2v) is 6.19. The summed E-state index contributed by atoms with van der Waals surface area (Å²) in [5, 5.41) is 8.65. The molecule has 0 spiro atoms. The fourth-order valence-corrected chi connectivity index (χ4v) is 2.96. The van der Waals surface area contributed by atoms with Crippen molar-refractivity contribution in [2.75, 3.05) is 6.54 Å². The molecular formula is C14H12BrClN2S. The summed E-state index contributed by atoms with van der Waals surface area (Å²) in [5.41, 5.74) is 1.36. The molecule has 0 aliphatic rings. The molecule has 0 radical (unpaired) electrons. The van der Waals surface area contributed by atoms with Crippen molar-refractivity contribution in [3.05, 3.63) is 63.6 Å². The Balaban J connectivity index is 1.87. The van der Waals surface area contributed by atoms with E-state index in [4.69, 9.17) is 17.0 Å². The first kappa shape index (κ1) is 14.6. The highest BCUT2D eigenvalue weighted by Gasteiger charge is 2.02. The molecule has 0 aliphatic carbocycles. The minimum atomic E-state index is 0.484. The molecule has 0 fully saturated rings. The molecule has 2 N–H and O–H groups in total. The van der Waals surface area contributed by atoms with Gasteiger partial charge in [-0.15, -0.1) is 0 Å². The zero-order valence-electron chi connectivity index (χ0n) is 9.99. The molecule has 0 unspecified atom stereocenters. The van der Waals surface area contributed by atoms with Gasteiger partial charge >= 0.3 is 0 Å². The minimum absolute atomic E-state index is 0.484. The summed E-state index contributed by atoms with van der Waals surface area (Å²) < 4.78 is 4.22. The third kappa shape index (κ3) is 4.66. The summed E-state index contributed by atoms with van der Waals surface area (Å²) in [6, 6.07) is 15.4. The summed E-state index contributed by atoms with van der Waals surface area (Å²) in [6.45, 7) is 0.484. The molecule has 0 atom stereocenters. The summed E-state index contributed by atoms with van der Waals surface area (Å²) in [4.78, 5) is 1.10. The predicted octanol–water partition coefficient (Wildman–Crippen LogP) is 4.77. The maximum atomic E-state index is 7.99. The topological polar surface area (TPSA) is 35.9 Å². The molecule has 98 valence electrons. The van der Waals surface area contributed by atoms with E-state index < -0.39 is 0 Å². The van der Waals surface area contributed by atoms with Gasteiger partial charge in [-0.25, -0.2) is 0 Å². The molecule has 0 aromatic heterocycles. The lowest BCUT2D eigenvalue weighted by Crippen LogP contribution is -2.16. The molecule has 0 saturated carbocycles. The van der Waals surface area contributed by atoms with E-state index in [1.165, 1.54) is 11.9 Å². The Labute approximate surface area is 130 Å². The Kier molecular flexibility index (Phi) is 5.45. The molecule has 2 nitrogen and oxygen atoms in total. The van der Waals surface area contributed by atoms with Crippen LogP contribution in [0.25, 0.3) is 0 Å². The molecule has 5 heteroatoms. The average Bonchev–Trinajstić information content (AvgIpc) is 2.38. The first-order valence-corrected chi connectivity index (χ1v) is 7.62. The molecule has 19 heavy (non-hydrogen) atoms. The Morgan fingerprint density at radius 1 is 1.21 bits per heavy atom. The van der Waals surface area contributed by atoms with Crippen LogP contribution in [0.4, 0.5) is 0 Å². The van der Waals surface area contributed by atoms with Crippen LogP contribution in [0.1, 0.15) is 5.56 Å². The van der Waals surface area contributed by atoms with Gasteiger partial charge in [-0.2, -0.15) is 0 Å². The SMILES string of the molecule is N=C(CNSc1cccc(Br)c1)c1cccc(Cl)c1. The largest absolute Gasteiger partial charge is 0.303 e. The Morgan fingerprint density at radius 2 is 2.00 bits per heavy atom. The number of halogens is 2. The van der Waals surface area contributed by atoms with E-state index in [2.05, 4.69) is 20.7 Å². The van der Waals surface area contributed by atoms with Gasteiger partial charge in [0.2, 0.25) is 0 Å². The quantitative estimate of drug-likeness (QED) is 0.599. The van der Waals surface area contributed by atoms with E-state index in [-0.39, 0.29) is 0 Å². The van der Waals surface area contributed by atoms with E-state index in [1.807, 2.05) is 42.5 Å². The zero-order valence-corrected chi connectivity index (χ0v) is 13.1. The highest BCUT2D eigenvalue weighted by Crippen LogP contribution is 2.19. The lowest BCUT2D eigenvalue weighted by molar-refractivity contribution is 1.14. The van der Waals surface area contributed by atoms with E-state index in [0.717, 1.165) is 14.9 Å². The van der Waals surface area contributed by atoms with Crippen LogP contribution in [-0.2, 0) is 0 Å². The van der Waals surface area contributed by atoms with Crippen LogP contribution in [0.3, 0.4) is 0 Å². The molecule has 0 bridgehead atoms. The first-order chi connectivity index (χ1) is 9.15. The first-order valence-electron chi connectivity index (χ1n) is 5.64. The van der Waals surface area contributed by atoms with Crippen molar-refractivity contribution in [1.29, 1.82) is 5.41 Å². The molecule has 2 aromatic rings. The van der Waals surface area contributed by atoms with Gasteiger partial charge in [-0.1, -0.05) is 45.7 Å². The Morgan fingerprint density at radius 3 is 2.74 bits per heavy atom. The van der Waals surface area contributed by atoms with Crippen molar-refractivity contribution < 1.29 is 0 Å². The van der Waals surface area contributed by atoms with E-state index in [1.54, 1.807) is 6.07 Å². The Bertz CT molecular complexity index is 589. The standard InChI is InChI=1S/C14H12BrClN2S/c15-11-4-2-6-13(8-11)19-18-9-14(17)10-3-1-5-12(16)7-10/h1-8,17-18H,9H2. The van der Waals surface area contributed by atoms with Crippen molar-refractivity contribution in [3.8, 4) is 0 Å². The van der Waals surface area contributed by atoms with Crippen molar-refractivity contribution in [1.82, 2.24) is 4.72 Å². The highest BCUT2D eigenvalue weighted by atomic mass is 79.9. The summed E-state index contributed by atoms with van der Waals surface area (Å²) in [6.07, 6.45) is 0. The van der Waals surface area contributed by atoms with Gasteiger partial charge in [0.25, 0.3) is 0 Å². The normalized spacial score (nSPS) is 10.4. The summed E-state index contributed by atoms with van der Waals surface area (Å²) in [7, 11) is 0. The van der Waals surface area contributed by atoms with Crippen LogP contribution in [0.15, 0.2) is 57.9 Å². The fourth-order valence-electron chi connectivity index (χ4n) is 1.50. The molecule has 2 aromatic carbocycles. The molecule has 2 rings (SSSR count). The Hall–Kier alpha value is -0.810. The van der Waals surface area contributed by atoms with Crippen molar-refractivity contribution in [3.63, 3.8) is 0 Å². The van der Waals surface area contributed by atoms with E-state index in [9.17, 15) is 0 Å². The lowest BCUT2D eigenvalue weighted by atomic mass is 10.1. The van der Waals surface area contributed by atoms with Gasteiger partial charge in [-0.3, -0.25) is 4.72 Å². The van der Waals surface area contributed by atoms with Crippen LogP contribution in [0.5, 0.6) is 0 Å². The average molecular weight is 356 g/mol. The van der Waals surface area contributed by atoms with Crippen molar-refractivity contribution >= 4 is 45.2 Å². The number of hydrogen-bond donors (Lipinski definition) is 2. The predicted molar refractivity (Wildman–Crippen MR) is 86.3 cm³/mol. The van der Waals surface area contributed by atoms with Gasteiger partial charge in [0.05, 0.1) is 5.71 Å². The third-order valence-corrected chi connectivity index (χ3v) is 3.91. The van der Waals surface area contributed by atoms with Gasteiger partial charge in [0.1, 0.15) is 0 Å². The van der Waals surface area contributed by atoms with Crippen molar-refractivity contribution in [2.45, 2.75) is 4.90 Å². The van der Waals surface area contributed by atoms with Crippen LogP contribution < -0.4 is 4.72 Å². The van der Waals surface area contributed by atoms with Crippen molar-refractivity contribution in [2.24, 2.45) is 0 Å². The van der Waals surface area contributed by atoms with E-state index in [0.29, 0.717) is 17.3 Å². The van der Waals surface area contributed by atoms with E-state index >= 15 is 0 Å². The smallest absolute Gasteiger partial charge is 0.0534 e. The number of benzene rings is 2. The van der Waals surface area contributed by atoms with Crippen LogP contribution in [0.2, 0.25) is 5.02 Å². The minimum Gasteiger partial charge on any atom is -0.303 e. The third-order valence-electron chi connectivity index (χ3n) is 2.41. The summed E-state index contributed by atoms with van der Waals surface area (Å²) >= 11 is 10.8. The van der Waals surface area contributed by atoms with Gasteiger partial charge in [-0.05, 0) is 47.8 Å². The number of hydrogen-bond acceptors (Lipinski definition) is 3. The van der Waals surface area contributed by atoms with Gasteiger partial charge < -0.3 is 5.41 Å². The number of nitrogens with one attached hydrogen (secondary N) is 2. The molecule has 0 heterocycles. The molecular weight excluding hydrogens is 344 g/mol. The second-order valence-electron chi connectivity index (χ2n) is 3.87. The zero-order chi connectivity index (χ0) is 13.7. The maximum Gasteiger partial charge on any atom is 0.0534 e. The highest BCUT2D eigenvalue weighted by molar-refractivity contribution is 9.10. The van der Waals surface area contributed by atoms with Crippen LogP contribution in [-0.4, -0.2) is 12.3 Å². The monoisotopic (exact) mass is 354 g/mol. The molecule has 0 aliphatic heterocycles. The summed E-state index contributed by atoms with van der Waals surface area (Å²) in [5.74, 6) is 0.